The van der Waals surface area contributed by atoms with E-state index in [1.54, 1.807) is 0 Å². The third-order valence-electron chi connectivity index (χ3n) is 2.97. The van der Waals surface area contributed by atoms with Crippen molar-refractivity contribution in [3.8, 4) is 0 Å². The molecular weight excluding hydrogens is 216 g/mol. The van der Waals surface area contributed by atoms with Crippen LogP contribution in [0.1, 0.15) is 32.1 Å². The summed E-state index contributed by atoms with van der Waals surface area (Å²) in [5.74, 6) is 0.601. The van der Waals surface area contributed by atoms with Crippen LogP contribution in [0.25, 0.3) is 0 Å². The maximum absolute atomic E-state index is 6.24. The van der Waals surface area contributed by atoms with Crippen LogP contribution in [0.2, 0.25) is 0 Å². The molecule has 0 amide bonds. The average Bonchev–Trinajstić information content (AvgIpc) is 2.79. The van der Waals surface area contributed by atoms with Crippen molar-refractivity contribution in [3.63, 3.8) is 0 Å². The smallest absolute Gasteiger partial charge is 0.180 e. The average molecular weight is 234 g/mol. The van der Waals surface area contributed by atoms with Gasteiger partial charge in [-0.25, -0.2) is 20.0 Å². The van der Waals surface area contributed by atoms with Crippen molar-refractivity contribution in [1.29, 1.82) is 0 Å². The van der Waals surface area contributed by atoms with Gasteiger partial charge in [0.25, 0.3) is 0 Å². The fourth-order valence-electron chi connectivity index (χ4n) is 1.98. The first-order valence-corrected chi connectivity index (χ1v) is 5.98. The summed E-state index contributed by atoms with van der Waals surface area (Å²) in [7, 11) is 0. The Labute approximate surface area is 101 Å². The summed E-state index contributed by atoms with van der Waals surface area (Å²) in [4.78, 5) is 16.5. The van der Waals surface area contributed by atoms with E-state index in [1.165, 1.54) is 12.7 Å². The molecule has 0 radical (unpaired) electrons. The van der Waals surface area contributed by atoms with E-state index in [4.69, 9.17) is 11.5 Å². The summed E-state index contributed by atoms with van der Waals surface area (Å²) < 4.78 is 0. The molecule has 17 heavy (non-hydrogen) atoms. The highest BCUT2D eigenvalue weighted by molar-refractivity contribution is 6.50. The zero-order valence-electron chi connectivity index (χ0n) is 9.84. The van der Waals surface area contributed by atoms with Crippen LogP contribution in [-0.4, -0.2) is 36.4 Å². The molecule has 2 aliphatic rings. The zero-order valence-corrected chi connectivity index (χ0v) is 9.84. The van der Waals surface area contributed by atoms with Crippen molar-refractivity contribution in [1.82, 2.24) is 0 Å². The Balaban J connectivity index is 1.87. The normalized spacial score (nSPS) is 25.8. The van der Waals surface area contributed by atoms with Gasteiger partial charge in [-0.1, -0.05) is 12.8 Å². The number of nitrogens with two attached hydrogens (primary N) is 2. The molecule has 0 saturated carbocycles. The first-order valence-electron chi connectivity index (χ1n) is 5.98. The Morgan fingerprint density at radius 3 is 2.71 bits per heavy atom. The molecule has 4 N–H and O–H groups in total. The van der Waals surface area contributed by atoms with Gasteiger partial charge in [0.1, 0.15) is 18.4 Å². The number of nitrogens with zero attached hydrogens (tertiary/aromatic N) is 4. The van der Waals surface area contributed by atoms with Gasteiger partial charge in [-0.2, -0.15) is 0 Å². The molecule has 6 nitrogen and oxygen atoms in total. The minimum Gasteiger partial charge on any atom is -0.330 e. The second-order valence-electron chi connectivity index (χ2n) is 4.30. The van der Waals surface area contributed by atoms with E-state index >= 15 is 0 Å². The molecule has 0 spiro atoms. The highest BCUT2D eigenvalue weighted by atomic mass is 15.2. The van der Waals surface area contributed by atoms with Crippen LogP contribution < -0.4 is 11.5 Å². The Bertz CT molecular complexity index is 395. The number of hydrogen-bond donors (Lipinski definition) is 2. The third-order valence-corrected chi connectivity index (χ3v) is 2.97. The Kier molecular flexibility index (Phi) is 3.75. The molecule has 2 heterocycles. The molecule has 0 bridgehead atoms. The summed E-state index contributed by atoms with van der Waals surface area (Å²) in [6.07, 6.45) is 8.08. The van der Waals surface area contributed by atoms with E-state index in [-0.39, 0.29) is 0 Å². The van der Waals surface area contributed by atoms with Gasteiger partial charge in [0.15, 0.2) is 11.5 Å². The fraction of sp³-hybridized carbons (Fsp3) is 0.636. The molecule has 6 heteroatoms. The number of fused-ring (bicyclic) bond motifs is 1. The van der Waals surface area contributed by atoms with E-state index < -0.39 is 5.66 Å². The monoisotopic (exact) mass is 234 g/mol. The molecule has 2 aliphatic heterocycles. The van der Waals surface area contributed by atoms with Crippen LogP contribution in [0.15, 0.2) is 20.0 Å². The maximum atomic E-state index is 6.24. The second-order valence-corrected chi connectivity index (χ2v) is 4.30. The SMILES string of the molecule is NCCCCCCC1(N)N=CN=C2N=CN=C21. The van der Waals surface area contributed by atoms with Crippen LogP contribution in [0.5, 0.6) is 0 Å². The van der Waals surface area contributed by atoms with Gasteiger partial charge in [0.05, 0.1) is 0 Å². The predicted octanol–water partition coefficient (Wildman–Crippen LogP) is 0.474. The molecule has 2 rings (SSSR count). The quantitative estimate of drug-likeness (QED) is 0.653. The van der Waals surface area contributed by atoms with Crippen LogP contribution >= 0.6 is 0 Å². The number of aliphatic imine (C=N–C) groups is 4. The minimum absolute atomic E-state index is 0.601. The molecule has 0 fully saturated rings. The third kappa shape index (κ3) is 2.65. The zero-order chi connectivity index (χ0) is 12.1. The molecule has 0 aliphatic carbocycles. The molecule has 0 aromatic rings. The number of amidine groups is 1. The van der Waals surface area contributed by atoms with Crippen LogP contribution in [0.4, 0.5) is 0 Å². The first-order chi connectivity index (χ1) is 8.26. The molecular formula is C11H18N6. The lowest BCUT2D eigenvalue weighted by Crippen LogP contribution is -2.50. The molecule has 0 aromatic heterocycles. The lowest BCUT2D eigenvalue weighted by molar-refractivity contribution is 0.499. The van der Waals surface area contributed by atoms with Gasteiger partial charge in [-0.15, -0.1) is 0 Å². The van der Waals surface area contributed by atoms with Gasteiger partial charge in [0, 0.05) is 0 Å². The summed E-state index contributed by atoms with van der Waals surface area (Å²) in [6.45, 7) is 0.753. The topological polar surface area (TPSA) is 101 Å². The van der Waals surface area contributed by atoms with E-state index in [1.807, 2.05) is 0 Å². The maximum Gasteiger partial charge on any atom is 0.180 e. The number of unbranched alkanes of at least 4 members (excludes halogenated alkanes) is 3. The minimum atomic E-state index is -0.740. The van der Waals surface area contributed by atoms with Crippen LogP contribution in [0.3, 0.4) is 0 Å². The Hall–Kier alpha value is -1.40. The van der Waals surface area contributed by atoms with E-state index in [9.17, 15) is 0 Å². The van der Waals surface area contributed by atoms with Gasteiger partial charge < -0.3 is 11.5 Å². The summed E-state index contributed by atoms with van der Waals surface area (Å²) in [6, 6.07) is 0. The van der Waals surface area contributed by atoms with Gasteiger partial charge in [-0.05, 0) is 25.8 Å². The second kappa shape index (κ2) is 5.29. The van der Waals surface area contributed by atoms with Crippen molar-refractivity contribution in [2.24, 2.45) is 31.4 Å². The molecule has 1 unspecified atom stereocenters. The van der Waals surface area contributed by atoms with Crippen molar-refractivity contribution in [2.75, 3.05) is 6.54 Å². The van der Waals surface area contributed by atoms with Gasteiger partial charge in [-0.3, -0.25) is 0 Å². The molecule has 0 saturated heterocycles. The highest BCUT2D eigenvalue weighted by Crippen LogP contribution is 2.21. The summed E-state index contributed by atoms with van der Waals surface area (Å²) in [5.41, 5.74) is 11.6. The number of hydrogen-bond acceptors (Lipinski definition) is 6. The van der Waals surface area contributed by atoms with Crippen molar-refractivity contribution < 1.29 is 0 Å². The first kappa shape index (κ1) is 12.1. The number of rotatable bonds is 6. The lowest BCUT2D eigenvalue weighted by Gasteiger charge is -2.26. The Morgan fingerprint density at radius 2 is 1.88 bits per heavy atom. The van der Waals surface area contributed by atoms with E-state index in [0.29, 0.717) is 11.5 Å². The molecule has 92 valence electrons. The van der Waals surface area contributed by atoms with Gasteiger partial charge in [0.2, 0.25) is 0 Å². The van der Waals surface area contributed by atoms with Crippen LogP contribution in [0, 0.1) is 0 Å². The standard InChI is InChI=1S/C11H18N6/c12-6-4-2-1-3-5-11(13)9-10(15-7-14-9)16-8-17-11/h7-8H,1-6,12-13H2. The Morgan fingerprint density at radius 1 is 1.06 bits per heavy atom. The fourth-order valence-corrected chi connectivity index (χ4v) is 1.98. The lowest BCUT2D eigenvalue weighted by atomic mass is 9.96. The van der Waals surface area contributed by atoms with E-state index in [0.717, 1.165) is 38.6 Å². The predicted molar refractivity (Wildman–Crippen MR) is 70.9 cm³/mol. The molecule has 1 atom stereocenters. The highest BCUT2D eigenvalue weighted by Gasteiger charge is 2.36. The summed E-state index contributed by atoms with van der Waals surface area (Å²) in [5, 5.41) is 0. The van der Waals surface area contributed by atoms with Crippen molar-refractivity contribution >= 4 is 24.2 Å². The van der Waals surface area contributed by atoms with Crippen molar-refractivity contribution in [3.05, 3.63) is 0 Å². The molecule has 0 aromatic carbocycles. The van der Waals surface area contributed by atoms with Crippen molar-refractivity contribution in [2.45, 2.75) is 37.8 Å². The van der Waals surface area contributed by atoms with Gasteiger partial charge >= 0.3 is 0 Å². The largest absolute Gasteiger partial charge is 0.330 e. The summed E-state index contributed by atoms with van der Waals surface area (Å²) >= 11 is 0. The van der Waals surface area contributed by atoms with E-state index in [2.05, 4.69) is 20.0 Å². The van der Waals surface area contributed by atoms with Crippen LogP contribution in [-0.2, 0) is 0 Å².